The molecule has 0 atom stereocenters. The highest BCUT2D eigenvalue weighted by Gasteiger charge is 2.14. The molecule has 1 N–H and O–H groups in total. The van der Waals surface area contributed by atoms with E-state index in [1.54, 1.807) is 24.5 Å². The lowest BCUT2D eigenvalue weighted by atomic mass is 10.1. The summed E-state index contributed by atoms with van der Waals surface area (Å²) in [6.07, 6.45) is 3.50. The molecule has 1 aromatic heterocycles. The molecule has 6 heteroatoms. The maximum absolute atomic E-state index is 12.7. The van der Waals surface area contributed by atoms with Crippen LogP contribution in [0.1, 0.15) is 27.0 Å². The lowest BCUT2D eigenvalue weighted by molar-refractivity contribution is 0.0950. The quantitative estimate of drug-likeness (QED) is 0.594. The summed E-state index contributed by atoms with van der Waals surface area (Å²) < 4.78 is 5.81. The number of hydrogen-bond donors (Lipinski definition) is 1. The minimum absolute atomic E-state index is 0.110. The lowest BCUT2D eigenvalue weighted by Gasteiger charge is -2.32. The van der Waals surface area contributed by atoms with Crippen LogP contribution in [-0.2, 0) is 19.7 Å². The molecule has 1 fully saturated rings. The monoisotopic (exact) mass is 430 g/mol. The number of benzene rings is 2. The summed E-state index contributed by atoms with van der Waals surface area (Å²) in [5.74, 6) is 0.553. The van der Waals surface area contributed by atoms with Crippen LogP contribution < -0.4 is 10.1 Å². The molecule has 6 nitrogen and oxygen atoms in total. The molecule has 0 bridgehead atoms. The van der Waals surface area contributed by atoms with Gasteiger partial charge in [-0.2, -0.15) is 0 Å². The van der Waals surface area contributed by atoms with Gasteiger partial charge in [-0.1, -0.05) is 36.4 Å². The summed E-state index contributed by atoms with van der Waals surface area (Å²) in [6, 6.07) is 19.6. The van der Waals surface area contributed by atoms with Crippen molar-refractivity contribution in [2.24, 2.45) is 0 Å². The predicted octanol–water partition coefficient (Wildman–Crippen LogP) is 3.34. The number of piperazine rings is 1. The van der Waals surface area contributed by atoms with Crippen LogP contribution in [0.2, 0.25) is 0 Å². The highest BCUT2D eigenvalue weighted by molar-refractivity contribution is 5.94. The summed E-state index contributed by atoms with van der Waals surface area (Å²) in [4.78, 5) is 21.6. The molecule has 0 radical (unpaired) electrons. The highest BCUT2D eigenvalue weighted by atomic mass is 16.5. The summed E-state index contributed by atoms with van der Waals surface area (Å²) in [5.41, 5.74) is 3.96. The minimum atomic E-state index is -0.110. The van der Waals surface area contributed by atoms with Crippen molar-refractivity contribution in [3.63, 3.8) is 0 Å². The molecular weight excluding hydrogens is 400 g/mol. The number of pyridine rings is 1. The number of carbonyl (C=O) groups is 1. The number of amides is 1. The van der Waals surface area contributed by atoms with E-state index in [1.165, 1.54) is 5.56 Å². The van der Waals surface area contributed by atoms with Crippen LogP contribution in [0, 0.1) is 0 Å². The summed E-state index contributed by atoms with van der Waals surface area (Å²) >= 11 is 0. The van der Waals surface area contributed by atoms with E-state index in [0.29, 0.717) is 24.5 Å². The first-order valence-electron chi connectivity index (χ1n) is 11.0. The fraction of sp³-hybridized carbons (Fsp3) is 0.308. The van der Waals surface area contributed by atoms with Crippen LogP contribution in [0.3, 0.4) is 0 Å². The lowest BCUT2D eigenvalue weighted by Crippen LogP contribution is -2.43. The summed E-state index contributed by atoms with van der Waals surface area (Å²) in [5, 5.41) is 3.03. The van der Waals surface area contributed by atoms with Crippen molar-refractivity contribution >= 4 is 5.91 Å². The molecule has 3 aromatic rings. The molecule has 1 aliphatic rings. The number of aromatic nitrogens is 1. The van der Waals surface area contributed by atoms with Gasteiger partial charge in [0.25, 0.3) is 5.91 Å². The van der Waals surface area contributed by atoms with Crippen molar-refractivity contribution in [1.82, 2.24) is 20.1 Å². The van der Waals surface area contributed by atoms with Gasteiger partial charge in [0.2, 0.25) is 0 Å². The first kappa shape index (κ1) is 22.0. The van der Waals surface area contributed by atoms with E-state index in [2.05, 4.69) is 51.4 Å². The summed E-state index contributed by atoms with van der Waals surface area (Å²) in [7, 11) is 2.17. The Morgan fingerprint density at radius 3 is 2.56 bits per heavy atom. The first-order chi connectivity index (χ1) is 15.7. The van der Waals surface area contributed by atoms with Gasteiger partial charge in [0, 0.05) is 62.8 Å². The number of likely N-dealkylation sites (N-methyl/N-ethyl adjacent to an activating group) is 1. The Hall–Kier alpha value is -3.22. The van der Waals surface area contributed by atoms with Gasteiger partial charge in [-0.05, 0) is 42.4 Å². The zero-order valence-corrected chi connectivity index (χ0v) is 18.5. The van der Waals surface area contributed by atoms with Crippen molar-refractivity contribution < 1.29 is 9.53 Å². The van der Waals surface area contributed by atoms with Crippen LogP contribution in [0.4, 0.5) is 0 Å². The van der Waals surface area contributed by atoms with Gasteiger partial charge in [0.05, 0.1) is 0 Å². The standard InChI is InChI=1S/C26H30N4O2/c1-29-11-13-30(14-12-29)19-22-6-2-5-21(15-22)18-28-26(31)24-8-3-9-25(16-24)32-20-23-7-4-10-27-17-23/h2-10,15-17H,11-14,18-20H2,1H3,(H,28,31). The molecule has 0 saturated carbocycles. The maximum atomic E-state index is 12.7. The molecule has 1 aliphatic heterocycles. The Labute approximate surface area is 189 Å². The number of hydrogen-bond acceptors (Lipinski definition) is 5. The molecule has 166 valence electrons. The third-order valence-corrected chi connectivity index (χ3v) is 5.67. The van der Waals surface area contributed by atoms with Gasteiger partial charge in [0.1, 0.15) is 12.4 Å². The second-order valence-corrected chi connectivity index (χ2v) is 8.26. The van der Waals surface area contributed by atoms with Crippen molar-refractivity contribution in [3.05, 3.63) is 95.3 Å². The first-order valence-corrected chi connectivity index (χ1v) is 11.0. The highest BCUT2D eigenvalue weighted by Crippen LogP contribution is 2.16. The van der Waals surface area contributed by atoms with Gasteiger partial charge < -0.3 is 15.0 Å². The molecule has 4 rings (SSSR count). The van der Waals surface area contributed by atoms with Gasteiger partial charge >= 0.3 is 0 Å². The van der Waals surface area contributed by atoms with E-state index in [4.69, 9.17) is 4.74 Å². The Morgan fingerprint density at radius 1 is 0.969 bits per heavy atom. The predicted molar refractivity (Wildman–Crippen MR) is 125 cm³/mol. The van der Waals surface area contributed by atoms with Gasteiger partial charge in [-0.15, -0.1) is 0 Å². The minimum Gasteiger partial charge on any atom is -0.489 e. The molecule has 32 heavy (non-hydrogen) atoms. The maximum Gasteiger partial charge on any atom is 0.251 e. The number of nitrogens with one attached hydrogen (secondary N) is 1. The fourth-order valence-corrected chi connectivity index (χ4v) is 3.76. The zero-order valence-electron chi connectivity index (χ0n) is 18.5. The Kier molecular flexibility index (Phi) is 7.48. The van der Waals surface area contributed by atoms with Crippen LogP contribution >= 0.6 is 0 Å². The molecule has 2 aromatic carbocycles. The molecule has 0 unspecified atom stereocenters. The van der Waals surface area contributed by atoms with Crippen molar-refractivity contribution in [2.45, 2.75) is 19.7 Å². The number of ether oxygens (including phenoxy) is 1. The molecule has 1 saturated heterocycles. The average Bonchev–Trinajstić information content (AvgIpc) is 2.84. The number of rotatable bonds is 8. The zero-order chi connectivity index (χ0) is 22.2. The molecule has 0 spiro atoms. The molecular formula is C26H30N4O2. The van der Waals surface area contributed by atoms with Gasteiger partial charge in [-0.25, -0.2) is 0 Å². The van der Waals surface area contributed by atoms with Crippen LogP contribution in [0.5, 0.6) is 5.75 Å². The second kappa shape index (κ2) is 10.9. The third-order valence-electron chi connectivity index (χ3n) is 5.67. The van der Waals surface area contributed by atoms with E-state index in [0.717, 1.165) is 43.9 Å². The van der Waals surface area contributed by atoms with E-state index in [9.17, 15) is 4.79 Å². The second-order valence-electron chi connectivity index (χ2n) is 8.26. The van der Waals surface area contributed by atoms with Crippen molar-refractivity contribution in [2.75, 3.05) is 33.2 Å². The topological polar surface area (TPSA) is 57.7 Å². The van der Waals surface area contributed by atoms with Crippen molar-refractivity contribution in [1.29, 1.82) is 0 Å². The SMILES string of the molecule is CN1CCN(Cc2cccc(CNC(=O)c3cccc(OCc4cccnc4)c3)c2)CC1. The van der Waals surface area contributed by atoms with E-state index < -0.39 is 0 Å². The Bertz CT molecular complexity index is 1020. The van der Waals surface area contributed by atoms with Gasteiger partial charge in [0.15, 0.2) is 0 Å². The van der Waals surface area contributed by atoms with Crippen LogP contribution in [0.15, 0.2) is 73.1 Å². The van der Waals surface area contributed by atoms with Gasteiger partial charge in [-0.3, -0.25) is 14.7 Å². The van der Waals surface area contributed by atoms with E-state index in [1.807, 2.05) is 24.3 Å². The summed E-state index contributed by atoms with van der Waals surface area (Å²) in [6.45, 7) is 6.27. The molecule has 2 heterocycles. The fourth-order valence-electron chi connectivity index (χ4n) is 3.76. The number of nitrogens with zero attached hydrogens (tertiary/aromatic N) is 3. The van der Waals surface area contributed by atoms with Crippen molar-refractivity contribution in [3.8, 4) is 5.75 Å². The Balaban J connectivity index is 1.30. The van der Waals surface area contributed by atoms with Crippen LogP contribution in [0.25, 0.3) is 0 Å². The molecule has 1 amide bonds. The largest absolute Gasteiger partial charge is 0.489 e. The van der Waals surface area contributed by atoms with Crippen LogP contribution in [-0.4, -0.2) is 53.9 Å². The van der Waals surface area contributed by atoms with E-state index in [-0.39, 0.29) is 5.91 Å². The smallest absolute Gasteiger partial charge is 0.251 e. The van der Waals surface area contributed by atoms with E-state index >= 15 is 0 Å². The number of carbonyl (C=O) groups excluding carboxylic acids is 1. The Morgan fingerprint density at radius 2 is 1.75 bits per heavy atom. The molecule has 0 aliphatic carbocycles. The normalized spacial score (nSPS) is 14.8. The third kappa shape index (κ3) is 6.39. The average molecular weight is 431 g/mol.